The van der Waals surface area contributed by atoms with Gasteiger partial charge in [0.05, 0.1) is 34.9 Å². The number of aromatic nitrogens is 1. The summed E-state index contributed by atoms with van der Waals surface area (Å²) in [5.41, 5.74) is 3.90. The molecule has 1 aliphatic rings. The molecule has 10 heteroatoms. The van der Waals surface area contributed by atoms with Gasteiger partial charge >= 0.3 is 5.97 Å². The molecule has 0 saturated carbocycles. The number of ether oxygens (including phenoxy) is 2. The summed E-state index contributed by atoms with van der Waals surface area (Å²) in [7, 11) is -3.60. The van der Waals surface area contributed by atoms with Crippen LogP contribution >= 0.6 is 23.1 Å². The molecule has 1 aromatic heterocycles. The smallest absolute Gasteiger partial charge is 0.338 e. The van der Waals surface area contributed by atoms with Gasteiger partial charge in [0.15, 0.2) is 0 Å². The normalized spacial score (nSPS) is 14.9. The minimum atomic E-state index is -3.60. The quantitative estimate of drug-likeness (QED) is 0.351. The summed E-state index contributed by atoms with van der Waals surface area (Å²) in [6.45, 7) is 1.43. The van der Waals surface area contributed by atoms with Gasteiger partial charge in [0.25, 0.3) is 0 Å². The summed E-state index contributed by atoms with van der Waals surface area (Å²) < 4.78 is 37.7. The van der Waals surface area contributed by atoms with Crippen LogP contribution in [0.2, 0.25) is 0 Å². The molecule has 0 amide bonds. The number of thiazole rings is 1. The maximum Gasteiger partial charge on any atom is 0.338 e. The third kappa shape index (κ3) is 5.76. The standard InChI is InChI=1S/C22H22N2O5S3/c25-22(18-4-6-20(7-5-18)31-15-19-14-30-16-23-19)29-13-17-2-1-3-21(12-17)32(26,27)24-8-10-28-11-9-24/h1-7,12,14,16H,8-11,13,15H2. The highest BCUT2D eigenvalue weighted by molar-refractivity contribution is 7.98. The van der Waals surface area contributed by atoms with Crippen LogP contribution in [-0.4, -0.2) is 50.0 Å². The average molecular weight is 491 g/mol. The first-order valence-corrected chi connectivity index (χ1v) is 13.3. The minimum Gasteiger partial charge on any atom is -0.457 e. The molecule has 1 aliphatic heterocycles. The van der Waals surface area contributed by atoms with Crippen molar-refractivity contribution in [3.8, 4) is 0 Å². The topological polar surface area (TPSA) is 85.8 Å². The highest BCUT2D eigenvalue weighted by Gasteiger charge is 2.26. The third-order valence-electron chi connectivity index (χ3n) is 4.84. The van der Waals surface area contributed by atoms with Crippen molar-refractivity contribution >= 4 is 39.1 Å². The number of rotatable bonds is 8. The highest BCUT2D eigenvalue weighted by Crippen LogP contribution is 2.23. The van der Waals surface area contributed by atoms with E-state index in [9.17, 15) is 13.2 Å². The first-order valence-electron chi connectivity index (χ1n) is 9.96. The van der Waals surface area contributed by atoms with Crippen LogP contribution in [-0.2, 0) is 31.9 Å². The van der Waals surface area contributed by atoms with Crippen molar-refractivity contribution in [1.29, 1.82) is 0 Å². The molecule has 32 heavy (non-hydrogen) atoms. The molecule has 1 saturated heterocycles. The maximum atomic E-state index is 12.8. The van der Waals surface area contributed by atoms with Gasteiger partial charge in [-0.2, -0.15) is 4.31 Å². The van der Waals surface area contributed by atoms with Gasteiger partial charge in [-0.05, 0) is 42.0 Å². The number of hydrogen-bond acceptors (Lipinski definition) is 8. The molecule has 1 fully saturated rings. The zero-order chi connectivity index (χ0) is 22.4. The molecule has 0 spiro atoms. The molecule has 2 heterocycles. The second kappa shape index (κ2) is 10.6. The van der Waals surface area contributed by atoms with E-state index >= 15 is 0 Å². The number of hydrogen-bond donors (Lipinski definition) is 0. The fraction of sp³-hybridized carbons (Fsp3) is 0.273. The van der Waals surface area contributed by atoms with Gasteiger partial charge < -0.3 is 9.47 Å². The largest absolute Gasteiger partial charge is 0.457 e. The average Bonchev–Trinajstić information content (AvgIpc) is 3.36. The van der Waals surface area contributed by atoms with Crippen molar-refractivity contribution in [1.82, 2.24) is 9.29 Å². The summed E-state index contributed by atoms with van der Waals surface area (Å²) >= 11 is 3.22. The van der Waals surface area contributed by atoms with E-state index in [1.54, 1.807) is 59.5 Å². The molecule has 0 bridgehead atoms. The second-order valence-electron chi connectivity index (χ2n) is 7.03. The number of nitrogens with zero attached hydrogens (tertiary/aromatic N) is 2. The van der Waals surface area contributed by atoms with Crippen LogP contribution in [0, 0.1) is 0 Å². The number of sulfonamides is 1. The molecule has 168 valence electrons. The molecule has 0 aliphatic carbocycles. The number of carbonyl (C=O) groups is 1. The van der Waals surface area contributed by atoms with Crippen molar-refractivity contribution in [2.75, 3.05) is 26.3 Å². The van der Waals surface area contributed by atoms with E-state index in [-0.39, 0.29) is 11.5 Å². The van der Waals surface area contributed by atoms with Gasteiger partial charge in [-0.25, -0.2) is 18.2 Å². The van der Waals surface area contributed by atoms with E-state index in [1.165, 1.54) is 4.31 Å². The van der Waals surface area contributed by atoms with Gasteiger partial charge in [0, 0.05) is 29.1 Å². The zero-order valence-corrected chi connectivity index (χ0v) is 19.6. The van der Waals surface area contributed by atoms with E-state index in [0.29, 0.717) is 37.4 Å². The Kier molecular flexibility index (Phi) is 7.59. The SMILES string of the molecule is O=C(OCc1cccc(S(=O)(=O)N2CCOCC2)c1)c1ccc(SCc2cscn2)cc1. The monoisotopic (exact) mass is 490 g/mol. The lowest BCUT2D eigenvalue weighted by molar-refractivity contribution is 0.0472. The summed E-state index contributed by atoms with van der Waals surface area (Å²) in [5, 5.41) is 2.01. The van der Waals surface area contributed by atoms with Crippen molar-refractivity contribution in [3.63, 3.8) is 0 Å². The van der Waals surface area contributed by atoms with Crippen LogP contribution in [0.5, 0.6) is 0 Å². The van der Waals surface area contributed by atoms with Crippen LogP contribution in [0.4, 0.5) is 0 Å². The summed E-state index contributed by atoms with van der Waals surface area (Å²) in [6, 6.07) is 13.7. The predicted octanol–water partition coefficient (Wildman–Crippen LogP) is 3.81. The lowest BCUT2D eigenvalue weighted by Crippen LogP contribution is -2.40. The van der Waals surface area contributed by atoms with Crippen LogP contribution in [0.3, 0.4) is 0 Å². The molecule has 7 nitrogen and oxygen atoms in total. The molecule has 2 aromatic carbocycles. The Hall–Kier alpha value is -2.24. The molecular weight excluding hydrogens is 468 g/mol. The van der Waals surface area contributed by atoms with E-state index < -0.39 is 16.0 Å². The van der Waals surface area contributed by atoms with Crippen LogP contribution in [0.15, 0.2) is 69.2 Å². The fourth-order valence-electron chi connectivity index (χ4n) is 3.12. The number of esters is 1. The van der Waals surface area contributed by atoms with E-state index in [4.69, 9.17) is 9.47 Å². The maximum absolute atomic E-state index is 12.8. The van der Waals surface area contributed by atoms with Gasteiger partial charge in [-0.3, -0.25) is 0 Å². The number of carbonyl (C=O) groups excluding carboxylic acids is 1. The number of benzene rings is 2. The Morgan fingerprint density at radius 3 is 2.66 bits per heavy atom. The van der Waals surface area contributed by atoms with Crippen LogP contribution in [0.25, 0.3) is 0 Å². The lowest BCUT2D eigenvalue weighted by Gasteiger charge is -2.26. The lowest BCUT2D eigenvalue weighted by atomic mass is 10.2. The Morgan fingerprint density at radius 2 is 1.94 bits per heavy atom. The summed E-state index contributed by atoms with van der Waals surface area (Å²) in [6.07, 6.45) is 0. The van der Waals surface area contributed by atoms with E-state index in [0.717, 1.165) is 16.3 Å². The predicted molar refractivity (Wildman–Crippen MR) is 123 cm³/mol. The molecule has 0 atom stereocenters. The summed E-state index contributed by atoms with van der Waals surface area (Å²) in [4.78, 5) is 17.9. The summed E-state index contributed by atoms with van der Waals surface area (Å²) in [5.74, 6) is 0.319. The van der Waals surface area contributed by atoms with Crippen molar-refractivity contribution < 1.29 is 22.7 Å². The van der Waals surface area contributed by atoms with Gasteiger partial charge in [0.1, 0.15) is 6.61 Å². The molecule has 0 unspecified atom stereocenters. The third-order valence-corrected chi connectivity index (χ3v) is 8.41. The van der Waals surface area contributed by atoms with Gasteiger partial charge in [-0.15, -0.1) is 23.1 Å². The Balaban J connectivity index is 1.34. The Morgan fingerprint density at radius 1 is 1.16 bits per heavy atom. The first-order chi connectivity index (χ1) is 15.5. The zero-order valence-electron chi connectivity index (χ0n) is 17.2. The molecular formula is C22H22N2O5S3. The van der Waals surface area contributed by atoms with Crippen LogP contribution < -0.4 is 0 Å². The fourth-order valence-corrected chi connectivity index (χ4v) is 6.06. The Labute approximate surface area is 195 Å². The van der Waals surface area contributed by atoms with E-state index in [2.05, 4.69) is 4.98 Å². The number of morpholine rings is 1. The van der Waals surface area contributed by atoms with Crippen molar-refractivity contribution in [2.45, 2.75) is 22.2 Å². The second-order valence-corrected chi connectivity index (χ2v) is 10.7. The molecule has 0 N–H and O–H groups in total. The molecule has 4 rings (SSSR count). The minimum absolute atomic E-state index is 0.00830. The number of thioether (sulfide) groups is 1. The van der Waals surface area contributed by atoms with Gasteiger partial charge in [-0.1, -0.05) is 12.1 Å². The Bertz CT molecular complexity index is 1140. The molecule has 3 aromatic rings. The van der Waals surface area contributed by atoms with E-state index in [1.807, 2.05) is 23.0 Å². The van der Waals surface area contributed by atoms with Crippen molar-refractivity contribution in [2.24, 2.45) is 0 Å². The van der Waals surface area contributed by atoms with Crippen LogP contribution in [0.1, 0.15) is 21.6 Å². The first kappa shape index (κ1) is 22.9. The highest BCUT2D eigenvalue weighted by atomic mass is 32.2. The van der Waals surface area contributed by atoms with Gasteiger partial charge in [0.2, 0.25) is 10.0 Å². The van der Waals surface area contributed by atoms with Crippen molar-refractivity contribution in [3.05, 3.63) is 76.2 Å². The molecule has 0 radical (unpaired) electrons.